The highest BCUT2D eigenvalue weighted by Crippen LogP contribution is 2.25. The maximum Gasteiger partial charge on any atom is 0.237 e. The number of nitrogens with two attached hydrogens (primary N) is 1. The van der Waals surface area contributed by atoms with Crippen LogP contribution in [0, 0.1) is 0 Å². The maximum absolute atomic E-state index is 11.8. The van der Waals surface area contributed by atoms with Crippen LogP contribution < -0.4 is 11.1 Å². The molecular formula is C14H23N3O3. The molecule has 0 heterocycles. The molecular weight excluding hydrogens is 258 g/mol. The van der Waals surface area contributed by atoms with Crippen molar-refractivity contribution >= 4 is 5.91 Å². The smallest absolute Gasteiger partial charge is 0.237 e. The van der Waals surface area contributed by atoms with Crippen molar-refractivity contribution in [3.8, 4) is 11.5 Å². The average Bonchev–Trinajstić information content (AvgIpc) is 2.42. The molecule has 0 fully saturated rings. The zero-order valence-electron chi connectivity index (χ0n) is 12.0. The van der Waals surface area contributed by atoms with Crippen molar-refractivity contribution in [1.82, 2.24) is 10.2 Å². The molecule has 0 radical (unpaired) electrons. The zero-order chi connectivity index (χ0) is 15.1. The number of benzene rings is 1. The Morgan fingerprint density at radius 2 is 2.10 bits per heavy atom. The van der Waals surface area contributed by atoms with Gasteiger partial charge in [-0.3, -0.25) is 4.79 Å². The third kappa shape index (κ3) is 5.07. The SMILES string of the molecule is CCN(C)CCNC(=O)[C@@H](N)Cc1ccc(O)c(O)c1. The van der Waals surface area contributed by atoms with Gasteiger partial charge in [-0.25, -0.2) is 0 Å². The molecule has 6 nitrogen and oxygen atoms in total. The van der Waals surface area contributed by atoms with Crippen LogP contribution in [0.1, 0.15) is 12.5 Å². The Kier molecular flexibility index (Phi) is 6.27. The molecule has 0 bridgehead atoms. The first-order valence-electron chi connectivity index (χ1n) is 6.66. The third-order valence-corrected chi connectivity index (χ3v) is 3.16. The molecule has 6 heteroatoms. The third-order valence-electron chi connectivity index (χ3n) is 3.16. The minimum absolute atomic E-state index is 0.186. The van der Waals surface area contributed by atoms with Crippen LogP contribution in [0.15, 0.2) is 18.2 Å². The fourth-order valence-electron chi connectivity index (χ4n) is 1.70. The van der Waals surface area contributed by atoms with E-state index in [9.17, 15) is 15.0 Å². The van der Waals surface area contributed by atoms with Crippen LogP contribution in [-0.4, -0.2) is 53.7 Å². The van der Waals surface area contributed by atoms with E-state index in [0.717, 1.165) is 13.1 Å². The Bertz CT molecular complexity index is 451. The van der Waals surface area contributed by atoms with Gasteiger partial charge in [0.25, 0.3) is 0 Å². The van der Waals surface area contributed by atoms with E-state index in [1.54, 1.807) is 6.07 Å². The standard InChI is InChI=1S/C14H23N3O3/c1-3-17(2)7-6-16-14(20)11(15)8-10-4-5-12(18)13(19)9-10/h4-5,9,11,18-19H,3,6-8,15H2,1-2H3,(H,16,20)/t11-/m0/s1. The average molecular weight is 281 g/mol. The number of aromatic hydroxyl groups is 2. The number of hydrogen-bond donors (Lipinski definition) is 4. The van der Waals surface area contributed by atoms with Crippen LogP contribution in [0.2, 0.25) is 0 Å². The van der Waals surface area contributed by atoms with Gasteiger partial charge in [0.2, 0.25) is 5.91 Å². The largest absolute Gasteiger partial charge is 0.504 e. The number of rotatable bonds is 7. The number of nitrogens with one attached hydrogen (secondary N) is 1. The molecule has 0 aliphatic rings. The summed E-state index contributed by atoms with van der Waals surface area (Å²) >= 11 is 0. The van der Waals surface area contributed by atoms with E-state index in [1.165, 1.54) is 12.1 Å². The molecule has 20 heavy (non-hydrogen) atoms. The highest BCUT2D eigenvalue weighted by Gasteiger charge is 2.14. The van der Waals surface area contributed by atoms with Crippen LogP contribution in [0.5, 0.6) is 11.5 Å². The lowest BCUT2D eigenvalue weighted by Gasteiger charge is -2.16. The van der Waals surface area contributed by atoms with Crippen molar-refractivity contribution in [2.24, 2.45) is 5.73 Å². The van der Waals surface area contributed by atoms with Crippen LogP contribution in [0.3, 0.4) is 0 Å². The van der Waals surface area contributed by atoms with Crippen molar-refractivity contribution in [2.45, 2.75) is 19.4 Å². The minimum Gasteiger partial charge on any atom is -0.504 e. The lowest BCUT2D eigenvalue weighted by molar-refractivity contribution is -0.122. The molecule has 1 rings (SSSR count). The number of phenols is 2. The Balaban J connectivity index is 2.43. The number of amides is 1. The minimum atomic E-state index is -0.675. The van der Waals surface area contributed by atoms with E-state index in [2.05, 4.69) is 10.2 Å². The van der Waals surface area contributed by atoms with E-state index in [4.69, 9.17) is 5.73 Å². The molecule has 0 aliphatic heterocycles. The van der Waals surface area contributed by atoms with Gasteiger partial charge < -0.3 is 26.2 Å². The Morgan fingerprint density at radius 1 is 1.40 bits per heavy atom. The fourth-order valence-corrected chi connectivity index (χ4v) is 1.70. The Hall–Kier alpha value is -1.79. The molecule has 0 unspecified atom stereocenters. The monoisotopic (exact) mass is 281 g/mol. The lowest BCUT2D eigenvalue weighted by Crippen LogP contribution is -2.44. The van der Waals surface area contributed by atoms with Crippen molar-refractivity contribution < 1.29 is 15.0 Å². The van der Waals surface area contributed by atoms with Gasteiger partial charge in [0.15, 0.2) is 11.5 Å². The molecule has 0 spiro atoms. The summed E-state index contributed by atoms with van der Waals surface area (Å²) in [6.45, 7) is 4.30. The van der Waals surface area contributed by atoms with Gasteiger partial charge in [-0.15, -0.1) is 0 Å². The first-order chi connectivity index (χ1) is 9.43. The van der Waals surface area contributed by atoms with E-state index in [0.29, 0.717) is 18.5 Å². The summed E-state index contributed by atoms with van der Waals surface area (Å²) in [5, 5.41) is 21.4. The number of hydrogen-bond acceptors (Lipinski definition) is 5. The molecule has 0 aliphatic carbocycles. The van der Waals surface area contributed by atoms with Crippen LogP contribution in [0.25, 0.3) is 0 Å². The van der Waals surface area contributed by atoms with Gasteiger partial charge in [0, 0.05) is 13.1 Å². The molecule has 1 aromatic carbocycles. The summed E-state index contributed by atoms with van der Waals surface area (Å²) in [6, 6.07) is 3.75. The van der Waals surface area contributed by atoms with E-state index in [-0.39, 0.29) is 17.4 Å². The highest BCUT2D eigenvalue weighted by molar-refractivity contribution is 5.81. The number of phenolic OH excluding ortho intramolecular Hbond substituents is 2. The molecule has 1 atom stereocenters. The number of nitrogens with zero attached hydrogens (tertiary/aromatic N) is 1. The first-order valence-corrected chi connectivity index (χ1v) is 6.66. The summed E-state index contributed by atoms with van der Waals surface area (Å²) in [5.41, 5.74) is 6.52. The van der Waals surface area contributed by atoms with Gasteiger partial charge in [0.1, 0.15) is 0 Å². The second-order valence-electron chi connectivity index (χ2n) is 4.82. The second kappa shape index (κ2) is 7.72. The van der Waals surface area contributed by atoms with Crippen LogP contribution in [0.4, 0.5) is 0 Å². The highest BCUT2D eigenvalue weighted by atomic mass is 16.3. The summed E-state index contributed by atoms with van der Waals surface area (Å²) in [4.78, 5) is 13.9. The zero-order valence-corrected chi connectivity index (χ0v) is 12.0. The molecule has 0 aromatic heterocycles. The quantitative estimate of drug-likeness (QED) is 0.529. The van der Waals surface area contributed by atoms with Crippen molar-refractivity contribution in [2.75, 3.05) is 26.7 Å². The summed E-state index contributed by atoms with van der Waals surface area (Å²) in [5.74, 6) is -0.615. The van der Waals surface area contributed by atoms with E-state index < -0.39 is 6.04 Å². The first kappa shape index (κ1) is 16.3. The van der Waals surface area contributed by atoms with E-state index in [1.807, 2.05) is 14.0 Å². The Morgan fingerprint density at radius 3 is 2.70 bits per heavy atom. The number of carbonyl (C=O) groups excluding carboxylic acids is 1. The molecule has 112 valence electrons. The second-order valence-corrected chi connectivity index (χ2v) is 4.82. The van der Waals surface area contributed by atoms with Gasteiger partial charge in [0.05, 0.1) is 6.04 Å². The molecule has 1 aromatic rings. The summed E-state index contributed by atoms with van der Waals surface area (Å²) < 4.78 is 0. The van der Waals surface area contributed by atoms with Gasteiger partial charge in [-0.1, -0.05) is 13.0 Å². The predicted octanol–water partition coefficient (Wildman–Crippen LogP) is 0.0355. The molecule has 5 N–H and O–H groups in total. The maximum atomic E-state index is 11.8. The number of carbonyl (C=O) groups is 1. The van der Waals surface area contributed by atoms with Gasteiger partial charge in [-0.2, -0.15) is 0 Å². The van der Waals surface area contributed by atoms with Crippen molar-refractivity contribution in [3.05, 3.63) is 23.8 Å². The lowest BCUT2D eigenvalue weighted by atomic mass is 10.1. The molecule has 0 saturated heterocycles. The number of likely N-dealkylation sites (N-methyl/N-ethyl adjacent to an activating group) is 1. The molecule has 0 saturated carbocycles. The predicted molar refractivity (Wildman–Crippen MR) is 77.6 cm³/mol. The van der Waals surface area contributed by atoms with Gasteiger partial charge in [-0.05, 0) is 37.7 Å². The van der Waals surface area contributed by atoms with Crippen LogP contribution in [-0.2, 0) is 11.2 Å². The van der Waals surface area contributed by atoms with Crippen molar-refractivity contribution in [1.29, 1.82) is 0 Å². The van der Waals surface area contributed by atoms with E-state index >= 15 is 0 Å². The summed E-state index contributed by atoms with van der Waals surface area (Å²) in [7, 11) is 1.98. The topological polar surface area (TPSA) is 98.8 Å². The van der Waals surface area contributed by atoms with Gasteiger partial charge >= 0.3 is 0 Å². The Labute approximate surface area is 119 Å². The molecule has 1 amide bonds. The fraction of sp³-hybridized carbons (Fsp3) is 0.500. The van der Waals surface area contributed by atoms with Crippen LogP contribution >= 0.6 is 0 Å². The normalized spacial score (nSPS) is 12.4. The summed E-state index contributed by atoms with van der Waals surface area (Å²) in [6.07, 6.45) is 0.309. The van der Waals surface area contributed by atoms with Crippen molar-refractivity contribution in [3.63, 3.8) is 0 Å².